The van der Waals surface area contributed by atoms with E-state index in [4.69, 9.17) is 25.4 Å². The van der Waals surface area contributed by atoms with Gasteiger partial charge >= 0.3 is 11.7 Å². The summed E-state index contributed by atoms with van der Waals surface area (Å²) in [5, 5.41) is 15.6. The summed E-state index contributed by atoms with van der Waals surface area (Å²) in [6, 6.07) is 11.3. The van der Waals surface area contributed by atoms with Crippen LogP contribution in [0.25, 0.3) is 5.95 Å². The number of aromatic nitrogens is 5. The van der Waals surface area contributed by atoms with Crippen molar-refractivity contribution in [3.8, 4) is 17.4 Å². The lowest BCUT2D eigenvalue weighted by atomic mass is 10.0. The number of amidine groups is 1. The van der Waals surface area contributed by atoms with Crippen molar-refractivity contribution >= 4 is 17.5 Å². The topological polar surface area (TPSA) is 183 Å². The van der Waals surface area contributed by atoms with Crippen LogP contribution in [0.3, 0.4) is 0 Å². The first-order chi connectivity index (χ1) is 18.8. The molecule has 2 aromatic heterocycles. The van der Waals surface area contributed by atoms with Crippen LogP contribution in [0.15, 0.2) is 59.7 Å². The van der Waals surface area contributed by atoms with E-state index >= 15 is 0 Å². The SMILES string of the molecule is CCOc1cc(COC)cc(C(Nc2ccc(C(=N)N)c(OC(C)=O)c2)c2nn(-c3ncccn3)c(=O)[nH]2)c1. The van der Waals surface area contributed by atoms with Gasteiger partial charge in [0.15, 0.2) is 5.82 Å². The zero-order valence-corrected chi connectivity index (χ0v) is 21.6. The molecule has 1 unspecified atom stereocenters. The van der Waals surface area contributed by atoms with Crippen molar-refractivity contribution in [2.75, 3.05) is 19.0 Å². The van der Waals surface area contributed by atoms with Crippen LogP contribution >= 0.6 is 0 Å². The molecule has 0 saturated carbocycles. The van der Waals surface area contributed by atoms with E-state index < -0.39 is 17.7 Å². The highest BCUT2D eigenvalue weighted by Gasteiger charge is 2.23. The van der Waals surface area contributed by atoms with Crippen molar-refractivity contribution in [2.24, 2.45) is 5.73 Å². The van der Waals surface area contributed by atoms with Crippen LogP contribution in [0.1, 0.15) is 42.4 Å². The van der Waals surface area contributed by atoms with Gasteiger partial charge < -0.3 is 25.3 Å². The quantitative estimate of drug-likeness (QED) is 0.0967. The largest absolute Gasteiger partial charge is 0.494 e. The van der Waals surface area contributed by atoms with Gasteiger partial charge in [-0.25, -0.2) is 14.8 Å². The van der Waals surface area contributed by atoms with Crippen molar-refractivity contribution in [2.45, 2.75) is 26.5 Å². The van der Waals surface area contributed by atoms with Gasteiger partial charge in [-0.05, 0) is 48.4 Å². The minimum atomic E-state index is -0.716. The summed E-state index contributed by atoms with van der Waals surface area (Å²) >= 11 is 0. The average molecular weight is 533 g/mol. The van der Waals surface area contributed by atoms with Gasteiger partial charge in [0, 0.05) is 38.2 Å². The highest BCUT2D eigenvalue weighted by atomic mass is 16.5. The van der Waals surface area contributed by atoms with E-state index in [1.54, 1.807) is 31.4 Å². The molecule has 0 saturated heterocycles. The molecule has 0 radical (unpaired) electrons. The maximum absolute atomic E-state index is 12.9. The molecule has 0 aliphatic carbocycles. The number of nitrogens with zero attached hydrogens (tertiary/aromatic N) is 4. The normalized spacial score (nSPS) is 11.6. The van der Waals surface area contributed by atoms with Gasteiger partial charge in [-0.15, -0.1) is 9.78 Å². The second kappa shape index (κ2) is 12.0. The number of methoxy groups -OCH3 is 1. The molecule has 2 heterocycles. The van der Waals surface area contributed by atoms with Gasteiger partial charge in [0.2, 0.25) is 0 Å². The molecule has 0 spiro atoms. The third-order valence-electron chi connectivity index (χ3n) is 5.43. The first kappa shape index (κ1) is 27.0. The van der Waals surface area contributed by atoms with Crippen LogP contribution in [-0.2, 0) is 16.1 Å². The van der Waals surface area contributed by atoms with Crippen LogP contribution in [-0.4, -0.2) is 50.3 Å². The predicted octanol–water partition coefficient (Wildman–Crippen LogP) is 2.31. The third-order valence-corrected chi connectivity index (χ3v) is 5.43. The smallest absolute Gasteiger partial charge is 0.350 e. The highest BCUT2D eigenvalue weighted by Crippen LogP contribution is 2.31. The molecule has 202 valence electrons. The maximum Gasteiger partial charge on any atom is 0.350 e. The fraction of sp³-hybridized carbons (Fsp3) is 0.231. The Labute approximate surface area is 223 Å². The van der Waals surface area contributed by atoms with Crippen molar-refractivity contribution in [1.82, 2.24) is 24.7 Å². The molecule has 0 fully saturated rings. The predicted molar refractivity (Wildman–Crippen MR) is 142 cm³/mol. The number of anilines is 1. The van der Waals surface area contributed by atoms with Crippen LogP contribution in [0.5, 0.6) is 11.5 Å². The Morgan fingerprint density at radius 1 is 1.21 bits per heavy atom. The van der Waals surface area contributed by atoms with E-state index in [-0.39, 0.29) is 28.9 Å². The number of hydrogen-bond acceptors (Lipinski definition) is 10. The number of aromatic amines is 1. The monoisotopic (exact) mass is 532 g/mol. The number of benzene rings is 2. The number of hydrogen-bond donors (Lipinski definition) is 4. The molecule has 39 heavy (non-hydrogen) atoms. The molecule has 13 nitrogen and oxygen atoms in total. The van der Waals surface area contributed by atoms with Crippen LogP contribution < -0.4 is 26.2 Å². The lowest BCUT2D eigenvalue weighted by molar-refractivity contribution is -0.131. The molecular formula is C26H28N8O5. The Kier molecular flexibility index (Phi) is 8.31. The van der Waals surface area contributed by atoms with Crippen molar-refractivity contribution < 1.29 is 19.0 Å². The minimum Gasteiger partial charge on any atom is -0.494 e. The molecule has 4 rings (SSSR count). The van der Waals surface area contributed by atoms with E-state index in [0.717, 1.165) is 10.2 Å². The summed E-state index contributed by atoms with van der Waals surface area (Å²) in [5.41, 5.74) is 7.44. The molecule has 0 bridgehead atoms. The number of carbonyl (C=O) groups excluding carboxylic acids is 1. The summed E-state index contributed by atoms with van der Waals surface area (Å²) in [5.74, 6) is 0.261. The summed E-state index contributed by atoms with van der Waals surface area (Å²) < 4.78 is 17.5. The Balaban J connectivity index is 1.84. The second-order valence-corrected chi connectivity index (χ2v) is 8.35. The number of H-pyrrole nitrogens is 1. The number of carbonyl (C=O) groups is 1. The van der Waals surface area contributed by atoms with Gasteiger partial charge in [-0.2, -0.15) is 0 Å². The number of rotatable bonds is 11. The van der Waals surface area contributed by atoms with E-state index in [1.165, 1.54) is 19.3 Å². The number of nitrogen functional groups attached to an aromatic ring is 1. The van der Waals surface area contributed by atoms with Gasteiger partial charge in [0.1, 0.15) is 23.4 Å². The maximum atomic E-state index is 12.9. The summed E-state index contributed by atoms with van der Waals surface area (Å²) in [6.07, 6.45) is 3.02. The fourth-order valence-electron chi connectivity index (χ4n) is 3.91. The first-order valence-electron chi connectivity index (χ1n) is 11.9. The first-order valence-corrected chi connectivity index (χ1v) is 11.9. The van der Waals surface area contributed by atoms with E-state index in [2.05, 4.69) is 25.4 Å². The van der Waals surface area contributed by atoms with E-state index in [0.29, 0.717) is 30.2 Å². The highest BCUT2D eigenvalue weighted by molar-refractivity contribution is 5.98. The zero-order chi connectivity index (χ0) is 27.9. The van der Waals surface area contributed by atoms with Gasteiger partial charge in [-0.3, -0.25) is 15.2 Å². The Bertz CT molecular complexity index is 1510. The number of nitrogens with one attached hydrogen (secondary N) is 3. The fourth-order valence-corrected chi connectivity index (χ4v) is 3.91. The molecule has 4 aromatic rings. The third kappa shape index (κ3) is 6.45. The van der Waals surface area contributed by atoms with Crippen molar-refractivity contribution in [3.63, 3.8) is 0 Å². The summed E-state index contributed by atoms with van der Waals surface area (Å²) in [7, 11) is 1.59. The summed E-state index contributed by atoms with van der Waals surface area (Å²) in [6.45, 7) is 3.91. The molecule has 2 aromatic carbocycles. The van der Waals surface area contributed by atoms with Gasteiger partial charge in [-0.1, -0.05) is 6.07 Å². The standard InChI is InChI=1S/C26H28N8O5/c1-4-38-19-11-16(14-37-3)10-17(12-19)22(24-32-26(36)34(33-24)25-29-8-5-9-30-25)31-18-6-7-20(23(27)28)21(13-18)39-15(2)35/h5-13,22,31H,4,14H2,1-3H3,(H3,27,28)(H,32,33,36). The molecular weight excluding hydrogens is 504 g/mol. The molecule has 0 aliphatic rings. The lowest BCUT2D eigenvalue weighted by Gasteiger charge is -2.21. The van der Waals surface area contributed by atoms with Crippen molar-refractivity contribution in [1.29, 1.82) is 5.41 Å². The molecule has 13 heteroatoms. The van der Waals surface area contributed by atoms with Crippen LogP contribution in [0.4, 0.5) is 5.69 Å². The number of esters is 1. The van der Waals surface area contributed by atoms with E-state index in [1.807, 2.05) is 25.1 Å². The molecule has 0 amide bonds. The number of ether oxygens (including phenoxy) is 3. The molecule has 1 atom stereocenters. The Morgan fingerprint density at radius 2 is 1.97 bits per heavy atom. The molecule has 5 N–H and O–H groups in total. The van der Waals surface area contributed by atoms with E-state index in [9.17, 15) is 9.59 Å². The van der Waals surface area contributed by atoms with Crippen LogP contribution in [0, 0.1) is 5.41 Å². The second-order valence-electron chi connectivity index (χ2n) is 8.35. The van der Waals surface area contributed by atoms with Crippen LogP contribution in [0.2, 0.25) is 0 Å². The zero-order valence-electron chi connectivity index (χ0n) is 21.6. The molecule has 0 aliphatic heterocycles. The average Bonchev–Trinajstić information content (AvgIpc) is 3.28. The van der Waals surface area contributed by atoms with Gasteiger partial charge in [0.25, 0.3) is 5.95 Å². The Morgan fingerprint density at radius 3 is 2.64 bits per heavy atom. The summed E-state index contributed by atoms with van der Waals surface area (Å²) in [4.78, 5) is 35.6. The Hall–Kier alpha value is -5.04. The lowest BCUT2D eigenvalue weighted by Crippen LogP contribution is -2.18. The minimum absolute atomic E-state index is 0.106. The number of nitrogens with two attached hydrogens (primary N) is 1. The van der Waals surface area contributed by atoms with Crippen molar-refractivity contribution in [3.05, 3.63) is 87.9 Å². The van der Waals surface area contributed by atoms with Gasteiger partial charge in [0.05, 0.1) is 18.8 Å².